The number of anilines is 2. The molecule has 1 aromatic carbocycles. The Labute approximate surface area is 129 Å². The number of amides is 1. The minimum atomic E-state index is -0.413. The first-order valence-electron chi connectivity index (χ1n) is 5.98. The van der Waals surface area contributed by atoms with Crippen LogP contribution in [0, 0.1) is 10.1 Å². The summed E-state index contributed by atoms with van der Waals surface area (Å²) in [6.45, 7) is 1.85. The zero-order valence-corrected chi connectivity index (χ0v) is 12.6. The molecule has 1 amide bonds. The summed E-state index contributed by atoms with van der Waals surface area (Å²) in [6.07, 6.45) is 0. The number of nitrogens with zero attached hydrogens (tertiary/aromatic N) is 1. The van der Waals surface area contributed by atoms with Crippen LogP contribution in [0.2, 0.25) is 5.02 Å². The van der Waals surface area contributed by atoms with E-state index in [0.29, 0.717) is 22.9 Å². The number of hydrogen-bond donors (Lipinski definition) is 2. The van der Waals surface area contributed by atoms with Crippen molar-refractivity contribution in [2.45, 2.75) is 13.5 Å². The molecule has 0 fully saturated rings. The second kappa shape index (κ2) is 6.55. The van der Waals surface area contributed by atoms with Gasteiger partial charge in [0, 0.05) is 30.6 Å². The Balaban J connectivity index is 2.02. The van der Waals surface area contributed by atoms with E-state index in [0.717, 1.165) is 16.9 Å². The maximum atomic E-state index is 11.0. The van der Waals surface area contributed by atoms with Gasteiger partial charge in [0.25, 0.3) is 0 Å². The minimum absolute atomic E-state index is 0.110. The topological polar surface area (TPSA) is 84.3 Å². The van der Waals surface area contributed by atoms with Crippen molar-refractivity contribution in [2.75, 3.05) is 10.6 Å². The van der Waals surface area contributed by atoms with Crippen LogP contribution in [0.4, 0.5) is 16.4 Å². The van der Waals surface area contributed by atoms with Crippen molar-refractivity contribution in [3.63, 3.8) is 0 Å². The molecule has 0 saturated carbocycles. The first kappa shape index (κ1) is 15.3. The molecule has 1 heterocycles. The first-order chi connectivity index (χ1) is 9.95. The van der Waals surface area contributed by atoms with E-state index in [-0.39, 0.29) is 10.9 Å². The lowest BCUT2D eigenvalue weighted by molar-refractivity contribution is -0.380. The van der Waals surface area contributed by atoms with Gasteiger partial charge in [-0.05, 0) is 23.8 Å². The van der Waals surface area contributed by atoms with E-state index in [4.69, 9.17) is 11.6 Å². The maximum absolute atomic E-state index is 11.0. The number of carbonyl (C=O) groups excluding carboxylic acids is 1. The van der Waals surface area contributed by atoms with E-state index in [1.165, 1.54) is 13.0 Å². The standard InChI is InChI=1S/C13H12ClN3O3S/c1-8(18)16-10-2-3-12(11(14)5-10)15-6-9-4-13(17(19)20)21-7-9/h2-5,7,15H,6H2,1H3,(H,16,18). The van der Waals surface area contributed by atoms with Crippen molar-refractivity contribution >= 4 is 45.2 Å². The average molecular weight is 326 g/mol. The first-order valence-corrected chi connectivity index (χ1v) is 7.24. The molecule has 0 bridgehead atoms. The molecule has 110 valence electrons. The second-order valence-electron chi connectivity index (χ2n) is 4.28. The van der Waals surface area contributed by atoms with Crippen molar-refractivity contribution < 1.29 is 9.72 Å². The molecular formula is C13H12ClN3O3S. The summed E-state index contributed by atoms with van der Waals surface area (Å²) >= 11 is 7.20. The van der Waals surface area contributed by atoms with E-state index >= 15 is 0 Å². The van der Waals surface area contributed by atoms with Crippen LogP contribution in [-0.2, 0) is 11.3 Å². The lowest BCUT2D eigenvalue weighted by atomic mass is 10.2. The number of thiophene rings is 1. The Morgan fingerprint density at radius 3 is 2.76 bits per heavy atom. The minimum Gasteiger partial charge on any atom is -0.380 e. The van der Waals surface area contributed by atoms with Crippen LogP contribution in [0.5, 0.6) is 0 Å². The van der Waals surface area contributed by atoms with Crippen molar-refractivity contribution in [3.05, 3.63) is 50.3 Å². The molecule has 0 atom stereocenters. The molecule has 0 saturated heterocycles. The number of nitro groups is 1. The predicted molar refractivity (Wildman–Crippen MR) is 84.1 cm³/mol. The molecule has 2 N–H and O–H groups in total. The lowest BCUT2D eigenvalue weighted by Crippen LogP contribution is -2.06. The summed E-state index contributed by atoms with van der Waals surface area (Å²) in [7, 11) is 0. The Morgan fingerprint density at radius 2 is 2.19 bits per heavy atom. The third-order valence-corrected chi connectivity index (χ3v) is 3.83. The van der Waals surface area contributed by atoms with E-state index in [1.807, 2.05) is 0 Å². The largest absolute Gasteiger partial charge is 0.380 e. The summed E-state index contributed by atoms with van der Waals surface area (Å²) in [6, 6.07) is 6.64. The molecule has 1 aromatic heterocycles. The molecule has 0 spiro atoms. The highest BCUT2D eigenvalue weighted by molar-refractivity contribution is 7.13. The normalized spacial score (nSPS) is 10.2. The molecule has 8 heteroatoms. The summed E-state index contributed by atoms with van der Waals surface area (Å²) in [5, 5.41) is 18.6. The van der Waals surface area contributed by atoms with Crippen molar-refractivity contribution in [1.82, 2.24) is 0 Å². The molecule has 21 heavy (non-hydrogen) atoms. The number of rotatable bonds is 5. The van der Waals surface area contributed by atoms with Gasteiger partial charge in [-0.2, -0.15) is 0 Å². The number of halogens is 1. The molecule has 6 nitrogen and oxygen atoms in total. The lowest BCUT2D eigenvalue weighted by Gasteiger charge is -2.09. The van der Waals surface area contributed by atoms with Crippen LogP contribution in [0.3, 0.4) is 0 Å². The highest BCUT2D eigenvalue weighted by Crippen LogP contribution is 2.27. The molecule has 2 rings (SSSR count). The molecular weight excluding hydrogens is 314 g/mol. The van der Waals surface area contributed by atoms with Gasteiger partial charge < -0.3 is 10.6 Å². The highest BCUT2D eigenvalue weighted by atomic mass is 35.5. The van der Waals surface area contributed by atoms with Crippen LogP contribution in [0.15, 0.2) is 29.6 Å². The third kappa shape index (κ3) is 4.17. The summed E-state index contributed by atoms with van der Waals surface area (Å²) in [5.74, 6) is -0.169. The molecule has 0 aliphatic rings. The third-order valence-electron chi connectivity index (χ3n) is 2.59. The number of benzene rings is 1. The summed E-state index contributed by atoms with van der Waals surface area (Å²) < 4.78 is 0. The molecule has 2 aromatic rings. The number of hydrogen-bond acceptors (Lipinski definition) is 5. The van der Waals surface area contributed by atoms with Gasteiger partial charge in [-0.3, -0.25) is 14.9 Å². The average Bonchev–Trinajstić information content (AvgIpc) is 2.86. The maximum Gasteiger partial charge on any atom is 0.324 e. The van der Waals surface area contributed by atoms with Crippen LogP contribution in [-0.4, -0.2) is 10.8 Å². The second-order valence-corrected chi connectivity index (χ2v) is 5.58. The highest BCUT2D eigenvalue weighted by Gasteiger charge is 2.10. The summed E-state index contributed by atoms with van der Waals surface area (Å²) in [4.78, 5) is 21.1. The Morgan fingerprint density at radius 1 is 1.43 bits per heavy atom. The van der Waals surface area contributed by atoms with E-state index in [9.17, 15) is 14.9 Å². The van der Waals surface area contributed by atoms with Gasteiger partial charge in [-0.15, -0.1) is 0 Å². The number of carbonyl (C=O) groups is 1. The van der Waals surface area contributed by atoms with Crippen molar-refractivity contribution in [3.8, 4) is 0 Å². The predicted octanol–water partition coefficient (Wildman–Crippen LogP) is 3.88. The van der Waals surface area contributed by atoms with E-state index in [1.54, 1.807) is 23.6 Å². The van der Waals surface area contributed by atoms with Crippen LogP contribution < -0.4 is 10.6 Å². The van der Waals surface area contributed by atoms with Crippen LogP contribution in [0.25, 0.3) is 0 Å². The molecule has 0 unspecified atom stereocenters. The van der Waals surface area contributed by atoms with Gasteiger partial charge in [0.15, 0.2) is 0 Å². The molecule has 0 aliphatic carbocycles. The fourth-order valence-corrected chi connectivity index (χ4v) is 2.66. The Hall–Kier alpha value is -2.12. The quantitative estimate of drug-likeness (QED) is 0.645. The molecule has 0 aliphatic heterocycles. The summed E-state index contributed by atoms with van der Waals surface area (Å²) in [5.41, 5.74) is 2.12. The van der Waals surface area contributed by atoms with Gasteiger partial charge in [0.1, 0.15) is 0 Å². The Bertz CT molecular complexity index is 687. The van der Waals surface area contributed by atoms with Crippen molar-refractivity contribution in [1.29, 1.82) is 0 Å². The van der Waals surface area contributed by atoms with Gasteiger partial charge in [-0.25, -0.2) is 0 Å². The van der Waals surface area contributed by atoms with Gasteiger partial charge in [0.2, 0.25) is 5.91 Å². The zero-order chi connectivity index (χ0) is 15.4. The Kier molecular flexibility index (Phi) is 4.77. The smallest absolute Gasteiger partial charge is 0.324 e. The fourth-order valence-electron chi connectivity index (χ4n) is 1.69. The SMILES string of the molecule is CC(=O)Nc1ccc(NCc2csc([N+](=O)[O-])c2)c(Cl)c1. The van der Waals surface area contributed by atoms with Crippen molar-refractivity contribution in [2.24, 2.45) is 0 Å². The molecule has 0 radical (unpaired) electrons. The monoisotopic (exact) mass is 325 g/mol. The number of nitrogens with one attached hydrogen (secondary N) is 2. The van der Waals surface area contributed by atoms with Gasteiger partial charge >= 0.3 is 5.00 Å². The zero-order valence-electron chi connectivity index (χ0n) is 11.1. The van der Waals surface area contributed by atoms with Crippen LogP contribution in [0.1, 0.15) is 12.5 Å². The fraction of sp³-hybridized carbons (Fsp3) is 0.154. The van der Waals surface area contributed by atoms with Crippen LogP contribution >= 0.6 is 22.9 Å². The van der Waals surface area contributed by atoms with E-state index < -0.39 is 4.92 Å². The van der Waals surface area contributed by atoms with Gasteiger partial charge in [-0.1, -0.05) is 22.9 Å². The van der Waals surface area contributed by atoms with E-state index in [2.05, 4.69) is 10.6 Å². The van der Waals surface area contributed by atoms with Gasteiger partial charge in [0.05, 0.1) is 15.6 Å².